The standard InChI is InChI=1S/C26H22ClN3O5/c1-15-7-9-17(10-8-15)29-24(31)16-5-4-6-18(13-16)28-23-22(27)25(32)30(26(23)33)20-14-19(34-2)11-12-21(20)35-3/h4-14,28H,1-3H3,(H,29,31). The van der Waals surface area contributed by atoms with Gasteiger partial charge in [-0.3, -0.25) is 14.4 Å². The zero-order valence-electron chi connectivity index (χ0n) is 19.2. The second-order valence-electron chi connectivity index (χ2n) is 7.70. The number of amides is 3. The van der Waals surface area contributed by atoms with Crippen molar-refractivity contribution in [2.75, 3.05) is 29.8 Å². The molecule has 0 bridgehead atoms. The van der Waals surface area contributed by atoms with Crippen LogP contribution in [0.15, 0.2) is 77.5 Å². The first-order valence-electron chi connectivity index (χ1n) is 10.6. The van der Waals surface area contributed by atoms with E-state index in [2.05, 4.69) is 10.6 Å². The van der Waals surface area contributed by atoms with Crippen molar-refractivity contribution in [2.24, 2.45) is 0 Å². The third kappa shape index (κ3) is 4.83. The van der Waals surface area contributed by atoms with E-state index in [1.54, 1.807) is 36.4 Å². The van der Waals surface area contributed by atoms with Crippen molar-refractivity contribution in [3.8, 4) is 11.5 Å². The van der Waals surface area contributed by atoms with Crippen molar-refractivity contribution in [1.82, 2.24) is 0 Å². The van der Waals surface area contributed by atoms with Gasteiger partial charge in [-0.25, -0.2) is 4.90 Å². The van der Waals surface area contributed by atoms with Crippen molar-refractivity contribution in [2.45, 2.75) is 6.92 Å². The van der Waals surface area contributed by atoms with Crippen molar-refractivity contribution in [1.29, 1.82) is 0 Å². The van der Waals surface area contributed by atoms with E-state index >= 15 is 0 Å². The first-order chi connectivity index (χ1) is 16.8. The summed E-state index contributed by atoms with van der Waals surface area (Å²) in [5, 5.41) is 5.43. The monoisotopic (exact) mass is 491 g/mol. The van der Waals surface area contributed by atoms with Crippen LogP contribution >= 0.6 is 11.6 Å². The number of hydrogen-bond acceptors (Lipinski definition) is 6. The molecule has 4 rings (SSSR count). The average Bonchev–Trinajstić information content (AvgIpc) is 3.08. The van der Waals surface area contributed by atoms with E-state index < -0.39 is 11.8 Å². The molecular weight excluding hydrogens is 470 g/mol. The number of imide groups is 1. The molecule has 2 N–H and O–H groups in total. The van der Waals surface area contributed by atoms with Crippen molar-refractivity contribution >= 4 is 46.4 Å². The maximum Gasteiger partial charge on any atom is 0.283 e. The van der Waals surface area contributed by atoms with E-state index in [-0.39, 0.29) is 22.3 Å². The number of hydrogen-bond donors (Lipinski definition) is 2. The highest BCUT2D eigenvalue weighted by Crippen LogP contribution is 2.38. The van der Waals surface area contributed by atoms with Crippen LogP contribution in [0.1, 0.15) is 15.9 Å². The summed E-state index contributed by atoms with van der Waals surface area (Å²) >= 11 is 6.26. The van der Waals surface area contributed by atoms with Crippen LogP contribution in [0.4, 0.5) is 17.1 Å². The lowest BCUT2D eigenvalue weighted by Gasteiger charge is -2.19. The van der Waals surface area contributed by atoms with E-state index in [0.717, 1.165) is 10.5 Å². The Labute approximate surface area is 207 Å². The summed E-state index contributed by atoms with van der Waals surface area (Å²) in [6.45, 7) is 1.96. The number of carbonyl (C=O) groups excluding carboxylic acids is 3. The van der Waals surface area contributed by atoms with E-state index in [4.69, 9.17) is 21.1 Å². The Morgan fingerprint density at radius 3 is 2.31 bits per heavy atom. The topological polar surface area (TPSA) is 97.0 Å². The molecule has 0 fully saturated rings. The Bertz CT molecular complexity index is 1350. The van der Waals surface area contributed by atoms with Gasteiger partial charge in [-0.15, -0.1) is 0 Å². The molecule has 0 atom stereocenters. The number of rotatable bonds is 7. The average molecular weight is 492 g/mol. The van der Waals surface area contributed by atoms with Gasteiger partial charge in [-0.2, -0.15) is 0 Å². The molecule has 0 radical (unpaired) electrons. The van der Waals surface area contributed by atoms with Gasteiger partial charge in [0.1, 0.15) is 22.2 Å². The number of nitrogens with zero attached hydrogens (tertiary/aromatic N) is 1. The number of anilines is 3. The number of ether oxygens (including phenoxy) is 2. The molecule has 178 valence electrons. The summed E-state index contributed by atoms with van der Waals surface area (Å²) in [6.07, 6.45) is 0. The second kappa shape index (κ2) is 9.90. The van der Waals surface area contributed by atoms with Crippen LogP contribution in [-0.2, 0) is 9.59 Å². The molecule has 0 saturated heterocycles. The van der Waals surface area contributed by atoms with Crippen LogP contribution in [0.25, 0.3) is 0 Å². The number of benzene rings is 3. The van der Waals surface area contributed by atoms with E-state index in [1.807, 2.05) is 31.2 Å². The summed E-state index contributed by atoms with van der Waals surface area (Å²) in [4.78, 5) is 39.7. The predicted molar refractivity (Wildman–Crippen MR) is 134 cm³/mol. The van der Waals surface area contributed by atoms with Gasteiger partial charge in [0.25, 0.3) is 17.7 Å². The number of nitrogens with one attached hydrogen (secondary N) is 2. The molecule has 3 aromatic rings. The molecule has 0 aromatic heterocycles. The summed E-state index contributed by atoms with van der Waals surface area (Å²) < 4.78 is 10.5. The van der Waals surface area contributed by atoms with Gasteiger partial charge in [-0.1, -0.05) is 35.4 Å². The largest absolute Gasteiger partial charge is 0.497 e. The lowest BCUT2D eigenvalue weighted by atomic mass is 10.1. The molecule has 0 aliphatic carbocycles. The molecule has 0 unspecified atom stereocenters. The van der Waals surface area contributed by atoms with E-state index in [0.29, 0.717) is 28.4 Å². The first-order valence-corrected chi connectivity index (χ1v) is 11.0. The fourth-order valence-electron chi connectivity index (χ4n) is 3.52. The van der Waals surface area contributed by atoms with E-state index in [9.17, 15) is 14.4 Å². The Morgan fingerprint density at radius 1 is 0.886 bits per heavy atom. The molecule has 0 spiro atoms. The molecule has 8 nitrogen and oxygen atoms in total. The summed E-state index contributed by atoms with van der Waals surface area (Å²) in [5.41, 5.74) is 2.59. The lowest BCUT2D eigenvalue weighted by Crippen LogP contribution is -2.32. The van der Waals surface area contributed by atoms with E-state index in [1.165, 1.54) is 20.3 Å². The van der Waals surface area contributed by atoms with Gasteiger partial charge < -0.3 is 20.1 Å². The summed E-state index contributed by atoms with van der Waals surface area (Å²) in [5.74, 6) is -0.964. The molecule has 35 heavy (non-hydrogen) atoms. The minimum Gasteiger partial charge on any atom is -0.497 e. The predicted octanol–water partition coefficient (Wildman–Crippen LogP) is 4.70. The Morgan fingerprint density at radius 2 is 1.63 bits per heavy atom. The summed E-state index contributed by atoms with van der Waals surface area (Å²) in [6, 6.07) is 18.7. The highest BCUT2D eigenvalue weighted by atomic mass is 35.5. The lowest BCUT2D eigenvalue weighted by molar-refractivity contribution is -0.120. The van der Waals surface area contributed by atoms with Gasteiger partial charge in [-0.05, 0) is 49.4 Å². The second-order valence-corrected chi connectivity index (χ2v) is 8.08. The van der Waals surface area contributed by atoms with Gasteiger partial charge in [0.2, 0.25) is 0 Å². The summed E-state index contributed by atoms with van der Waals surface area (Å²) in [7, 11) is 2.90. The third-order valence-corrected chi connectivity index (χ3v) is 5.71. The smallest absolute Gasteiger partial charge is 0.283 e. The first kappa shape index (κ1) is 23.8. The molecule has 1 heterocycles. The van der Waals surface area contributed by atoms with Crippen LogP contribution in [-0.4, -0.2) is 31.9 Å². The normalized spacial score (nSPS) is 13.2. The molecule has 1 aliphatic heterocycles. The SMILES string of the molecule is COc1ccc(OC)c(N2C(=O)C(Cl)=C(Nc3cccc(C(=O)Nc4ccc(C)cc4)c3)C2=O)c1. The molecular formula is C26H22ClN3O5. The maximum atomic E-state index is 13.2. The zero-order chi connectivity index (χ0) is 25.1. The molecule has 3 amide bonds. The maximum absolute atomic E-state index is 13.2. The molecule has 9 heteroatoms. The van der Waals surface area contributed by atoms with Gasteiger partial charge >= 0.3 is 0 Å². The van der Waals surface area contributed by atoms with Crippen LogP contribution in [0.3, 0.4) is 0 Å². The highest BCUT2D eigenvalue weighted by molar-refractivity contribution is 6.53. The van der Waals surface area contributed by atoms with Crippen LogP contribution in [0.5, 0.6) is 11.5 Å². The number of methoxy groups -OCH3 is 2. The Hall–Kier alpha value is -4.30. The zero-order valence-corrected chi connectivity index (χ0v) is 20.0. The minimum absolute atomic E-state index is 0.113. The van der Waals surface area contributed by atoms with Crippen molar-refractivity contribution < 1.29 is 23.9 Å². The highest BCUT2D eigenvalue weighted by Gasteiger charge is 2.40. The van der Waals surface area contributed by atoms with Crippen molar-refractivity contribution in [3.05, 3.63) is 88.6 Å². The van der Waals surface area contributed by atoms with Crippen LogP contribution in [0.2, 0.25) is 0 Å². The quantitative estimate of drug-likeness (QED) is 0.465. The molecule has 0 saturated carbocycles. The van der Waals surface area contributed by atoms with Crippen LogP contribution in [0, 0.1) is 6.92 Å². The third-order valence-electron chi connectivity index (χ3n) is 5.36. The number of aryl methyl sites for hydroxylation is 1. The van der Waals surface area contributed by atoms with Gasteiger partial charge in [0, 0.05) is 23.0 Å². The fraction of sp³-hybridized carbons (Fsp3) is 0.115. The van der Waals surface area contributed by atoms with Crippen molar-refractivity contribution in [3.63, 3.8) is 0 Å². The Kier molecular flexibility index (Phi) is 6.75. The number of carbonyl (C=O) groups is 3. The minimum atomic E-state index is -0.709. The van der Waals surface area contributed by atoms with Gasteiger partial charge in [0.15, 0.2) is 0 Å². The Balaban J connectivity index is 1.57. The van der Waals surface area contributed by atoms with Crippen LogP contribution < -0.4 is 25.0 Å². The molecule has 3 aromatic carbocycles. The fourth-order valence-corrected chi connectivity index (χ4v) is 3.74. The van der Waals surface area contributed by atoms with Gasteiger partial charge in [0.05, 0.1) is 19.9 Å². The number of halogens is 1. The molecule has 1 aliphatic rings.